The minimum atomic E-state index is -4.34. The zero-order valence-electron chi connectivity index (χ0n) is 18.1. The van der Waals surface area contributed by atoms with Crippen molar-refractivity contribution in [3.05, 3.63) is 77.6 Å². The van der Waals surface area contributed by atoms with E-state index in [2.05, 4.69) is 5.32 Å². The number of rotatable bonds is 8. The summed E-state index contributed by atoms with van der Waals surface area (Å²) in [6.45, 7) is 0.240. The van der Waals surface area contributed by atoms with Gasteiger partial charge in [0.25, 0.3) is 5.91 Å². The van der Waals surface area contributed by atoms with Crippen LogP contribution in [0.15, 0.2) is 70.5 Å². The predicted octanol–water partition coefficient (Wildman–Crippen LogP) is 5.42. The molecule has 12 heteroatoms. The number of amides is 1. The van der Waals surface area contributed by atoms with Gasteiger partial charge in [-0.15, -0.1) is 0 Å². The van der Waals surface area contributed by atoms with Crippen LogP contribution in [0.2, 0.25) is 0 Å². The van der Waals surface area contributed by atoms with E-state index in [1.807, 2.05) is 0 Å². The molecule has 0 aliphatic carbocycles. The van der Waals surface area contributed by atoms with Gasteiger partial charge in [0.2, 0.25) is 0 Å². The lowest BCUT2D eigenvalue weighted by Gasteiger charge is -2.11. The number of carbonyl (C=O) groups excluding carboxylic acids is 1. The van der Waals surface area contributed by atoms with Crippen LogP contribution in [0, 0.1) is 5.82 Å². The molecule has 0 saturated carbocycles. The van der Waals surface area contributed by atoms with Gasteiger partial charge >= 0.3 is 5.51 Å². The van der Waals surface area contributed by atoms with Gasteiger partial charge in [-0.3, -0.25) is 4.79 Å². The number of phenols is 1. The highest BCUT2D eigenvalue weighted by atomic mass is 32.2. The van der Waals surface area contributed by atoms with E-state index in [0.29, 0.717) is 18.2 Å². The predicted molar refractivity (Wildman–Crippen MR) is 123 cm³/mol. The Morgan fingerprint density at radius 3 is 2.26 bits per heavy atom. The molecule has 35 heavy (non-hydrogen) atoms. The summed E-state index contributed by atoms with van der Waals surface area (Å²) in [5.41, 5.74) is -3.82. The van der Waals surface area contributed by atoms with E-state index >= 15 is 0 Å². The van der Waals surface area contributed by atoms with E-state index in [1.54, 1.807) is 12.1 Å². The molecule has 0 radical (unpaired) electrons. The third-order valence-corrected chi connectivity index (χ3v) is 6.49. The zero-order valence-corrected chi connectivity index (χ0v) is 19.7. The fourth-order valence-corrected chi connectivity index (χ4v) is 4.29. The Bertz CT molecular complexity index is 1310. The monoisotopic (exact) mass is 529 g/mol. The molecule has 0 heterocycles. The molecule has 0 bridgehead atoms. The highest BCUT2D eigenvalue weighted by Crippen LogP contribution is 2.36. The molecule has 0 atom stereocenters. The first-order chi connectivity index (χ1) is 16.3. The standard InChI is InChI=1S/C23H19F4NO5S2/c1-35(31,32)21-13-19(18(24)12-20(21)29)28-22(30)15-4-6-16(7-5-15)33-11-10-14-2-8-17(9-3-14)34-23(25,26)27/h2-9,12-13,29H,10-11H2,1H3,(H,28,30). The topological polar surface area (TPSA) is 92.7 Å². The third kappa shape index (κ3) is 7.62. The Morgan fingerprint density at radius 2 is 1.69 bits per heavy atom. The van der Waals surface area contributed by atoms with Gasteiger partial charge in [-0.1, -0.05) is 12.1 Å². The number of alkyl halides is 3. The number of hydrogen-bond donors (Lipinski definition) is 2. The number of carbonyl (C=O) groups is 1. The first kappa shape index (κ1) is 26.4. The van der Waals surface area contributed by atoms with Crippen molar-refractivity contribution in [3.63, 3.8) is 0 Å². The smallest absolute Gasteiger partial charge is 0.446 e. The van der Waals surface area contributed by atoms with E-state index in [4.69, 9.17) is 4.74 Å². The molecule has 3 aromatic rings. The Kier molecular flexibility index (Phi) is 7.96. The Morgan fingerprint density at radius 1 is 1.06 bits per heavy atom. The number of nitrogens with one attached hydrogen (secondary N) is 1. The second-order valence-electron chi connectivity index (χ2n) is 7.34. The number of sulfone groups is 1. The zero-order chi connectivity index (χ0) is 25.8. The van der Waals surface area contributed by atoms with Crippen molar-refractivity contribution in [1.82, 2.24) is 0 Å². The summed E-state index contributed by atoms with van der Waals surface area (Å²) in [4.78, 5) is 12.0. The third-order valence-electron chi connectivity index (χ3n) is 4.63. The van der Waals surface area contributed by atoms with E-state index < -0.39 is 43.4 Å². The molecule has 0 aliphatic heterocycles. The number of aromatic hydroxyl groups is 1. The number of hydrogen-bond acceptors (Lipinski definition) is 6. The maximum absolute atomic E-state index is 14.1. The molecule has 0 aliphatic rings. The Balaban J connectivity index is 1.57. The van der Waals surface area contributed by atoms with Crippen LogP contribution in [-0.2, 0) is 16.3 Å². The summed E-state index contributed by atoms with van der Waals surface area (Å²) in [6.07, 6.45) is 1.29. The van der Waals surface area contributed by atoms with Gasteiger partial charge < -0.3 is 15.2 Å². The van der Waals surface area contributed by atoms with Crippen LogP contribution in [0.4, 0.5) is 23.2 Å². The normalized spacial score (nSPS) is 11.8. The van der Waals surface area contributed by atoms with Crippen LogP contribution in [-0.4, -0.2) is 37.8 Å². The van der Waals surface area contributed by atoms with Crippen molar-refractivity contribution in [2.45, 2.75) is 21.7 Å². The molecular weight excluding hydrogens is 510 g/mol. The maximum atomic E-state index is 14.1. The summed E-state index contributed by atoms with van der Waals surface area (Å²) < 4.78 is 80.2. The van der Waals surface area contributed by atoms with Crippen molar-refractivity contribution in [2.75, 3.05) is 18.2 Å². The molecule has 3 aromatic carbocycles. The molecule has 3 rings (SSSR count). The molecule has 2 N–H and O–H groups in total. The number of thioether (sulfide) groups is 1. The lowest BCUT2D eigenvalue weighted by molar-refractivity contribution is -0.0328. The van der Waals surface area contributed by atoms with Crippen LogP contribution in [0.1, 0.15) is 15.9 Å². The van der Waals surface area contributed by atoms with Gasteiger partial charge in [-0.05, 0) is 59.8 Å². The second-order valence-corrected chi connectivity index (χ2v) is 10.5. The average molecular weight is 530 g/mol. The number of halogens is 4. The van der Waals surface area contributed by atoms with Crippen LogP contribution in [0.3, 0.4) is 0 Å². The summed E-state index contributed by atoms with van der Waals surface area (Å²) in [7, 11) is -3.85. The highest BCUT2D eigenvalue weighted by molar-refractivity contribution is 8.00. The summed E-state index contributed by atoms with van der Waals surface area (Å²) in [5, 5.41) is 11.9. The number of anilines is 1. The number of ether oxygens (including phenoxy) is 1. The molecule has 1 amide bonds. The number of benzene rings is 3. The number of phenolic OH excluding ortho intramolecular Hbond substituents is 1. The average Bonchev–Trinajstić information content (AvgIpc) is 2.75. The highest BCUT2D eigenvalue weighted by Gasteiger charge is 2.29. The quantitative estimate of drug-likeness (QED) is 0.175. The minimum absolute atomic E-state index is 0.0933. The maximum Gasteiger partial charge on any atom is 0.446 e. The van der Waals surface area contributed by atoms with E-state index in [-0.39, 0.29) is 28.8 Å². The fraction of sp³-hybridized carbons (Fsp3) is 0.174. The van der Waals surface area contributed by atoms with E-state index in [9.17, 15) is 35.9 Å². The van der Waals surface area contributed by atoms with Gasteiger partial charge in [0, 0.05) is 29.2 Å². The molecule has 0 unspecified atom stereocenters. The first-order valence-electron chi connectivity index (χ1n) is 9.93. The molecule has 0 spiro atoms. The van der Waals surface area contributed by atoms with Crippen molar-refractivity contribution in [2.24, 2.45) is 0 Å². The fourth-order valence-electron chi connectivity index (χ4n) is 2.98. The molecule has 6 nitrogen and oxygen atoms in total. The van der Waals surface area contributed by atoms with Crippen molar-refractivity contribution >= 4 is 33.2 Å². The van der Waals surface area contributed by atoms with Gasteiger partial charge in [-0.25, -0.2) is 12.8 Å². The summed E-state index contributed by atoms with van der Waals surface area (Å²) >= 11 is -0.185. The molecule has 0 fully saturated rings. The van der Waals surface area contributed by atoms with Crippen LogP contribution in [0.5, 0.6) is 11.5 Å². The molecular formula is C23H19F4NO5S2. The van der Waals surface area contributed by atoms with Gasteiger partial charge in [0.05, 0.1) is 12.3 Å². The van der Waals surface area contributed by atoms with Crippen LogP contribution < -0.4 is 10.1 Å². The Hall–Kier alpha value is -3.25. The van der Waals surface area contributed by atoms with Crippen molar-refractivity contribution in [3.8, 4) is 11.5 Å². The van der Waals surface area contributed by atoms with Crippen LogP contribution >= 0.6 is 11.8 Å². The van der Waals surface area contributed by atoms with Crippen molar-refractivity contribution in [1.29, 1.82) is 0 Å². The van der Waals surface area contributed by atoms with Crippen molar-refractivity contribution < 1.29 is 40.6 Å². The molecule has 0 saturated heterocycles. The van der Waals surface area contributed by atoms with Gasteiger partial charge in [0.1, 0.15) is 22.2 Å². The second kappa shape index (κ2) is 10.6. The van der Waals surface area contributed by atoms with E-state index in [0.717, 1.165) is 17.9 Å². The SMILES string of the molecule is CS(=O)(=O)c1cc(NC(=O)c2ccc(OCCc3ccc(SC(F)(F)F)cc3)cc2)c(F)cc1O. The van der Waals surface area contributed by atoms with Gasteiger partial charge in [0.15, 0.2) is 9.84 Å². The van der Waals surface area contributed by atoms with E-state index in [1.165, 1.54) is 36.4 Å². The largest absolute Gasteiger partial charge is 0.506 e. The lowest BCUT2D eigenvalue weighted by atomic mass is 10.1. The minimum Gasteiger partial charge on any atom is -0.506 e. The summed E-state index contributed by atoms with van der Waals surface area (Å²) in [5.74, 6) is -2.05. The Labute approximate surface area is 202 Å². The van der Waals surface area contributed by atoms with Gasteiger partial charge in [-0.2, -0.15) is 13.2 Å². The molecule has 0 aromatic heterocycles. The van der Waals surface area contributed by atoms with Crippen LogP contribution in [0.25, 0.3) is 0 Å². The molecule has 186 valence electrons. The first-order valence-corrected chi connectivity index (χ1v) is 12.6. The lowest BCUT2D eigenvalue weighted by Crippen LogP contribution is -2.14. The summed E-state index contributed by atoms with van der Waals surface area (Å²) in [6, 6.07) is 13.2.